The van der Waals surface area contributed by atoms with E-state index in [1.165, 1.54) is 4.90 Å². The average Bonchev–Trinajstić information content (AvgIpc) is 3.19. The summed E-state index contributed by atoms with van der Waals surface area (Å²) in [6.45, 7) is 8.20. The van der Waals surface area contributed by atoms with Crippen LogP contribution in [0.2, 0.25) is 5.02 Å². The second-order valence-corrected chi connectivity index (χ2v) is 10.3. The molecule has 0 fully saturated rings. The Labute approximate surface area is 246 Å². The molecule has 0 radical (unpaired) electrons. The molecule has 0 bridgehead atoms. The molecule has 1 heterocycles. The Hall–Kier alpha value is -3.63. The highest BCUT2D eigenvalue weighted by molar-refractivity contribution is 6.30. The van der Waals surface area contributed by atoms with Crippen molar-refractivity contribution in [3.8, 4) is 0 Å². The van der Waals surface area contributed by atoms with Crippen LogP contribution in [0.3, 0.4) is 0 Å². The number of nitrogens with zero attached hydrogens (tertiary/aromatic N) is 2. The minimum atomic E-state index is -0.896. The second kappa shape index (κ2) is 15.4. The summed E-state index contributed by atoms with van der Waals surface area (Å²) in [5.74, 6) is -0.903. The summed E-state index contributed by atoms with van der Waals surface area (Å²) in [6, 6.07) is 12.7. The van der Waals surface area contributed by atoms with E-state index in [-0.39, 0.29) is 6.54 Å². The van der Waals surface area contributed by atoms with Gasteiger partial charge in [0.2, 0.25) is 0 Å². The van der Waals surface area contributed by atoms with Crippen LogP contribution in [0.15, 0.2) is 48.5 Å². The van der Waals surface area contributed by atoms with E-state index >= 15 is 0 Å². The molecule has 2 N–H and O–H groups in total. The van der Waals surface area contributed by atoms with Gasteiger partial charge in [-0.05, 0) is 56.5 Å². The van der Waals surface area contributed by atoms with Crippen LogP contribution >= 0.6 is 11.6 Å². The molecule has 2 aromatic carbocycles. The van der Waals surface area contributed by atoms with Crippen molar-refractivity contribution in [2.45, 2.75) is 71.9 Å². The molecule has 11 heteroatoms. The molecule has 3 unspecified atom stereocenters. The van der Waals surface area contributed by atoms with Crippen molar-refractivity contribution in [1.82, 2.24) is 20.4 Å². The minimum absolute atomic E-state index is 0.0153. The number of nitrogens with one attached hydrogen (secondary N) is 2. The zero-order valence-corrected chi connectivity index (χ0v) is 24.8. The second-order valence-electron chi connectivity index (χ2n) is 9.86. The zero-order chi connectivity index (χ0) is 29.9. The maximum Gasteiger partial charge on any atom is 0.408 e. The third-order valence-corrected chi connectivity index (χ3v) is 7.08. The molecule has 222 valence electrons. The lowest BCUT2D eigenvalue weighted by Gasteiger charge is -2.38. The number of fused-ring (bicyclic) bond motifs is 1. The molecule has 3 atom stereocenters. The van der Waals surface area contributed by atoms with E-state index < -0.39 is 42.5 Å². The lowest BCUT2D eigenvalue weighted by Crippen LogP contribution is -2.51. The van der Waals surface area contributed by atoms with Crippen LogP contribution in [-0.4, -0.2) is 65.9 Å². The summed E-state index contributed by atoms with van der Waals surface area (Å²) in [6.07, 6.45) is 0.344. The van der Waals surface area contributed by atoms with Crippen molar-refractivity contribution >= 4 is 35.6 Å². The Bertz CT molecular complexity index is 1160. The van der Waals surface area contributed by atoms with Gasteiger partial charge in [0.15, 0.2) is 12.5 Å². The van der Waals surface area contributed by atoms with Crippen molar-refractivity contribution in [3.05, 3.63) is 70.2 Å². The topological polar surface area (TPSA) is 117 Å². The third kappa shape index (κ3) is 8.43. The first kappa shape index (κ1) is 31.9. The van der Waals surface area contributed by atoms with Gasteiger partial charge in [0.1, 0.15) is 0 Å². The van der Waals surface area contributed by atoms with Gasteiger partial charge in [-0.1, -0.05) is 62.6 Å². The van der Waals surface area contributed by atoms with E-state index in [0.717, 1.165) is 25.7 Å². The van der Waals surface area contributed by atoms with E-state index in [9.17, 15) is 19.2 Å². The number of rotatable bonds is 14. The van der Waals surface area contributed by atoms with Crippen molar-refractivity contribution in [1.29, 1.82) is 0 Å². The fraction of sp³-hybridized carbons (Fsp3) is 0.467. The molecule has 1 aliphatic rings. The Balaban J connectivity index is 1.94. The van der Waals surface area contributed by atoms with Gasteiger partial charge in [-0.3, -0.25) is 14.5 Å². The molecule has 0 aromatic heterocycles. The normalized spacial score (nSPS) is 14.8. The predicted molar refractivity (Wildman–Crippen MR) is 156 cm³/mol. The van der Waals surface area contributed by atoms with E-state index in [1.54, 1.807) is 67.3 Å². The minimum Gasteiger partial charge on any atom is -0.430 e. The third-order valence-electron chi connectivity index (χ3n) is 6.84. The number of hydrogen-bond donors (Lipinski definition) is 2. The SMILES string of the molecule is CCCCNC(=O)OC(C)N(CC(c1cccc(Cl)c1)N1C(=O)c2ccccc2C1=O)C(C)OC(=O)NCCCC. The highest BCUT2D eigenvalue weighted by atomic mass is 35.5. The van der Waals surface area contributed by atoms with Crippen LogP contribution in [0, 0.1) is 0 Å². The van der Waals surface area contributed by atoms with E-state index in [1.807, 2.05) is 13.8 Å². The average molecular weight is 587 g/mol. The number of benzene rings is 2. The summed E-state index contributed by atoms with van der Waals surface area (Å²) in [4.78, 5) is 55.0. The van der Waals surface area contributed by atoms with Gasteiger partial charge in [-0.25, -0.2) is 14.5 Å². The molecule has 10 nitrogen and oxygen atoms in total. The Kier molecular flexibility index (Phi) is 12.0. The monoisotopic (exact) mass is 586 g/mol. The molecular formula is C30H39ClN4O6. The highest BCUT2D eigenvalue weighted by Gasteiger charge is 2.42. The number of unbranched alkanes of at least 4 members (excludes halogenated alkanes) is 2. The predicted octanol–water partition coefficient (Wildman–Crippen LogP) is 5.72. The van der Waals surface area contributed by atoms with Crippen LogP contribution in [0.4, 0.5) is 9.59 Å². The molecule has 4 amide bonds. The molecule has 0 spiro atoms. The standard InChI is InChI=1S/C30H39ClN4O6/c1-5-7-16-32-29(38)40-20(3)34(21(4)41-30(39)33-17-8-6-2)19-26(22-12-11-13-23(31)18-22)35-27(36)24-14-9-10-15-25(24)28(35)37/h9-15,18,20-21,26H,5-8,16-17,19H2,1-4H3,(H,32,38)(H,33,39). The van der Waals surface area contributed by atoms with Crippen LogP contribution in [0.1, 0.15) is 85.7 Å². The number of carbonyl (C=O) groups excluding carboxylic acids is 4. The number of ether oxygens (including phenoxy) is 2. The first-order chi connectivity index (χ1) is 19.7. The van der Waals surface area contributed by atoms with Crippen LogP contribution in [-0.2, 0) is 9.47 Å². The fourth-order valence-corrected chi connectivity index (χ4v) is 4.79. The van der Waals surface area contributed by atoms with Gasteiger partial charge in [0, 0.05) is 24.7 Å². The molecule has 0 saturated carbocycles. The Morgan fingerprint density at radius 1 is 0.854 bits per heavy atom. The smallest absolute Gasteiger partial charge is 0.408 e. The molecular weight excluding hydrogens is 548 g/mol. The van der Waals surface area contributed by atoms with Crippen LogP contribution < -0.4 is 10.6 Å². The van der Waals surface area contributed by atoms with Gasteiger partial charge in [0.05, 0.1) is 17.2 Å². The van der Waals surface area contributed by atoms with Gasteiger partial charge in [0.25, 0.3) is 11.8 Å². The van der Waals surface area contributed by atoms with Crippen LogP contribution in [0.25, 0.3) is 0 Å². The first-order valence-electron chi connectivity index (χ1n) is 14.0. The van der Waals surface area contributed by atoms with Crippen LogP contribution in [0.5, 0.6) is 0 Å². The Morgan fingerprint density at radius 3 is 1.83 bits per heavy atom. The summed E-state index contributed by atoms with van der Waals surface area (Å²) in [7, 11) is 0. The molecule has 0 saturated heterocycles. The molecule has 0 aliphatic carbocycles. The quantitative estimate of drug-likeness (QED) is 0.165. The number of amides is 4. The summed E-state index contributed by atoms with van der Waals surface area (Å²) < 4.78 is 11.3. The summed E-state index contributed by atoms with van der Waals surface area (Å²) in [5, 5.41) is 5.85. The van der Waals surface area contributed by atoms with Gasteiger partial charge < -0.3 is 20.1 Å². The summed E-state index contributed by atoms with van der Waals surface area (Å²) in [5.41, 5.74) is 1.20. The molecule has 3 rings (SSSR count). The van der Waals surface area contributed by atoms with Crippen molar-refractivity contribution in [2.24, 2.45) is 0 Å². The number of halogens is 1. The maximum atomic E-state index is 13.5. The number of hydrogen-bond acceptors (Lipinski definition) is 7. The molecule has 2 aromatic rings. The van der Waals surface area contributed by atoms with Crippen molar-refractivity contribution in [3.63, 3.8) is 0 Å². The number of carbonyl (C=O) groups is 4. The van der Waals surface area contributed by atoms with E-state index in [0.29, 0.717) is 34.8 Å². The molecule has 41 heavy (non-hydrogen) atoms. The van der Waals surface area contributed by atoms with Crippen molar-refractivity contribution < 1.29 is 28.7 Å². The van der Waals surface area contributed by atoms with Crippen molar-refractivity contribution in [2.75, 3.05) is 19.6 Å². The fourth-order valence-electron chi connectivity index (χ4n) is 4.60. The van der Waals surface area contributed by atoms with Gasteiger partial charge >= 0.3 is 12.2 Å². The first-order valence-corrected chi connectivity index (χ1v) is 14.4. The van der Waals surface area contributed by atoms with E-state index in [2.05, 4.69) is 10.6 Å². The molecule has 1 aliphatic heterocycles. The maximum absolute atomic E-state index is 13.5. The zero-order valence-electron chi connectivity index (χ0n) is 24.0. The van der Waals surface area contributed by atoms with Gasteiger partial charge in [-0.2, -0.15) is 0 Å². The Morgan fingerprint density at radius 2 is 1.37 bits per heavy atom. The highest BCUT2D eigenvalue weighted by Crippen LogP contribution is 2.34. The lowest BCUT2D eigenvalue weighted by atomic mass is 10.0. The summed E-state index contributed by atoms with van der Waals surface area (Å²) >= 11 is 6.32. The van der Waals surface area contributed by atoms with Gasteiger partial charge in [-0.15, -0.1) is 0 Å². The number of alkyl carbamates (subject to hydrolysis) is 2. The lowest BCUT2D eigenvalue weighted by molar-refractivity contribution is -0.0988. The largest absolute Gasteiger partial charge is 0.430 e. The number of imide groups is 1. The van der Waals surface area contributed by atoms with E-state index in [4.69, 9.17) is 21.1 Å².